The maximum atomic E-state index is 10.8. The predicted octanol–water partition coefficient (Wildman–Crippen LogP) is 0.936. The second kappa shape index (κ2) is 3.79. The van der Waals surface area contributed by atoms with Crippen LogP contribution in [0.5, 0.6) is 0 Å². The first-order chi connectivity index (χ1) is 6.43. The van der Waals surface area contributed by atoms with Crippen LogP contribution in [0, 0.1) is 6.92 Å². The van der Waals surface area contributed by atoms with E-state index in [2.05, 4.69) is 10.3 Å². The van der Waals surface area contributed by atoms with Crippen LogP contribution in [0.1, 0.15) is 25.3 Å². The summed E-state index contributed by atoms with van der Waals surface area (Å²) in [6.45, 7) is 5.38. The normalized spacial score (nSPS) is 11.6. The van der Waals surface area contributed by atoms with Gasteiger partial charge in [0.15, 0.2) is 6.39 Å². The Morgan fingerprint density at radius 1 is 1.71 bits per heavy atom. The Morgan fingerprint density at radius 3 is 2.79 bits per heavy atom. The van der Waals surface area contributed by atoms with Gasteiger partial charge in [-0.15, -0.1) is 0 Å². The first-order valence-electron chi connectivity index (χ1n) is 4.31. The lowest BCUT2D eigenvalue weighted by atomic mass is 10.1. The molecule has 0 saturated heterocycles. The predicted molar refractivity (Wildman–Crippen MR) is 49.8 cm³/mol. The molecule has 2 N–H and O–H groups in total. The number of carboxylic acids is 1. The molecule has 0 spiro atoms. The van der Waals surface area contributed by atoms with Gasteiger partial charge in [-0.25, -0.2) is 4.98 Å². The lowest BCUT2D eigenvalue weighted by Gasteiger charge is -2.20. The highest BCUT2D eigenvalue weighted by molar-refractivity contribution is 5.77. The molecule has 1 aromatic heterocycles. The molecule has 0 aliphatic carbocycles. The van der Waals surface area contributed by atoms with E-state index in [-0.39, 0.29) is 0 Å². The monoisotopic (exact) mass is 198 g/mol. The van der Waals surface area contributed by atoms with Crippen LogP contribution in [-0.2, 0) is 11.3 Å². The van der Waals surface area contributed by atoms with Crippen LogP contribution in [-0.4, -0.2) is 21.6 Å². The van der Waals surface area contributed by atoms with Crippen molar-refractivity contribution >= 4 is 5.97 Å². The SMILES string of the molecule is Cc1ocnc1CNC(C)(C)C(=O)O. The fraction of sp³-hybridized carbons (Fsp3) is 0.556. The smallest absolute Gasteiger partial charge is 0.323 e. The summed E-state index contributed by atoms with van der Waals surface area (Å²) in [4.78, 5) is 14.7. The molecule has 14 heavy (non-hydrogen) atoms. The van der Waals surface area contributed by atoms with E-state index in [4.69, 9.17) is 9.52 Å². The van der Waals surface area contributed by atoms with Gasteiger partial charge in [-0.05, 0) is 20.8 Å². The number of aryl methyl sites for hydroxylation is 1. The first kappa shape index (κ1) is 10.7. The third kappa shape index (κ3) is 2.32. The maximum Gasteiger partial charge on any atom is 0.323 e. The highest BCUT2D eigenvalue weighted by Crippen LogP contribution is 2.07. The van der Waals surface area contributed by atoms with Crippen molar-refractivity contribution in [1.82, 2.24) is 10.3 Å². The van der Waals surface area contributed by atoms with Crippen molar-refractivity contribution in [3.05, 3.63) is 17.8 Å². The van der Waals surface area contributed by atoms with Crippen LogP contribution in [0.4, 0.5) is 0 Å². The van der Waals surface area contributed by atoms with E-state index in [0.29, 0.717) is 12.3 Å². The molecule has 0 bridgehead atoms. The van der Waals surface area contributed by atoms with E-state index in [1.54, 1.807) is 20.8 Å². The lowest BCUT2D eigenvalue weighted by molar-refractivity contribution is -0.143. The zero-order valence-corrected chi connectivity index (χ0v) is 8.50. The number of nitrogens with one attached hydrogen (secondary N) is 1. The molecule has 5 nitrogen and oxygen atoms in total. The minimum atomic E-state index is -0.953. The second-order valence-corrected chi connectivity index (χ2v) is 3.64. The average molecular weight is 198 g/mol. The molecule has 1 rings (SSSR count). The Hall–Kier alpha value is -1.36. The fourth-order valence-electron chi connectivity index (χ4n) is 0.878. The van der Waals surface area contributed by atoms with Gasteiger partial charge in [-0.1, -0.05) is 0 Å². The molecule has 78 valence electrons. The Labute approximate surface area is 82.1 Å². The average Bonchev–Trinajstić information content (AvgIpc) is 2.47. The van der Waals surface area contributed by atoms with Crippen LogP contribution in [0.2, 0.25) is 0 Å². The summed E-state index contributed by atoms with van der Waals surface area (Å²) in [7, 11) is 0. The minimum Gasteiger partial charge on any atom is -0.480 e. The zero-order chi connectivity index (χ0) is 10.8. The summed E-state index contributed by atoms with van der Waals surface area (Å²) in [5.74, 6) is -0.183. The molecule has 0 atom stereocenters. The fourth-order valence-corrected chi connectivity index (χ4v) is 0.878. The van der Waals surface area contributed by atoms with Crippen LogP contribution in [0.3, 0.4) is 0 Å². The van der Waals surface area contributed by atoms with Crippen molar-refractivity contribution in [3.63, 3.8) is 0 Å². The highest BCUT2D eigenvalue weighted by atomic mass is 16.4. The van der Waals surface area contributed by atoms with Crippen LogP contribution < -0.4 is 5.32 Å². The molecule has 0 aliphatic rings. The van der Waals surface area contributed by atoms with Crippen molar-refractivity contribution in [2.75, 3.05) is 0 Å². The van der Waals surface area contributed by atoms with E-state index in [1.807, 2.05) is 0 Å². The van der Waals surface area contributed by atoms with Crippen LogP contribution in [0.25, 0.3) is 0 Å². The number of carboxylic acid groups (broad SMARTS) is 1. The minimum absolute atomic E-state index is 0.391. The van der Waals surface area contributed by atoms with E-state index in [9.17, 15) is 4.79 Å². The van der Waals surface area contributed by atoms with Crippen molar-refractivity contribution in [1.29, 1.82) is 0 Å². The van der Waals surface area contributed by atoms with Gasteiger partial charge in [0.05, 0.1) is 5.69 Å². The third-order valence-electron chi connectivity index (χ3n) is 2.08. The van der Waals surface area contributed by atoms with Crippen molar-refractivity contribution in [2.24, 2.45) is 0 Å². The summed E-state index contributed by atoms with van der Waals surface area (Å²) in [6, 6.07) is 0. The van der Waals surface area contributed by atoms with Crippen molar-refractivity contribution in [3.8, 4) is 0 Å². The Bertz CT molecular complexity index is 331. The molecule has 0 aliphatic heterocycles. The van der Waals surface area contributed by atoms with Gasteiger partial charge < -0.3 is 9.52 Å². The lowest BCUT2D eigenvalue weighted by Crippen LogP contribution is -2.46. The molecule has 0 saturated carbocycles. The molecule has 0 aromatic carbocycles. The molecule has 1 heterocycles. The number of nitrogens with zero attached hydrogens (tertiary/aromatic N) is 1. The largest absolute Gasteiger partial charge is 0.480 e. The summed E-state index contributed by atoms with van der Waals surface area (Å²) in [6.07, 6.45) is 1.35. The van der Waals surface area contributed by atoms with Gasteiger partial charge in [0.2, 0.25) is 0 Å². The standard InChI is InChI=1S/C9H14N2O3/c1-6-7(10-5-14-6)4-11-9(2,3)8(12)13/h5,11H,4H2,1-3H3,(H,12,13). The Balaban J connectivity index is 2.57. The number of oxazole rings is 1. The molecule has 1 aromatic rings. The van der Waals surface area contributed by atoms with Gasteiger partial charge in [-0.2, -0.15) is 0 Å². The second-order valence-electron chi connectivity index (χ2n) is 3.64. The summed E-state index contributed by atoms with van der Waals surface area (Å²) < 4.78 is 4.99. The van der Waals surface area contributed by atoms with Crippen LogP contribution in [0.15, 0.2) is 10.8 Å². The molecular weight excluding hydrogens is 184 g/mol. The Morgan fingerprint density at radius 2 is 2.36 bits per heavy atom. The number of hydrogen-bond acceptors (Lipinski definition) is 4. The molecule has 0 fully saturated rings. The number of hydrogen-bond donors (Lipinski definition) is 2. The number of aromatic nitrogens is 1. The molecular formula is C9H14N2O3. The van der Waals surface area contributed by atoms with E-state index >= 15 is 0 Å². The van der Waals surface area contributed by atoms with E-state index in [1.165, 1.54) is 6.39 Å². The van der Waals surface area contributed by atoms with Gasteiger partial charge >= 0.3 is 5.97 Å². The molecule has 0 unspecified atom stereocenters. The van der Waals surface area contributed by atoms with Gasteiger partial charge in [0.25, 0.3) is 0 Å². The van der Waals surface area contributed by atoms with Crippen molar-refractivity contribution < 1.29 is 14.3 Å². The quantitative estimate of drug-likeness (QED) is 0.752. The summed E-state index contributed by atoms with van der Waals surface area (Å²) in [5, 5.41) is 11.7. The van der Waals surface area contributed by atoms with Gasteiger partial charge in [0, 0.05) is 6.54 Å². The number of carbonyl (C=O) groups is 1. The first-order valence-corrected chi connectivity index (χ1v) is 4.31. The topological polar surface area (TPSA) is 75.4 Å². The van der Waals surface area contributed by atoms with Crippen molar-refractivity contribution in [2.45, 2.75) is 32.9 Å². The van der Waals surface area contributed by atoms with E-state index in [0.717, 1.165) is 5.69 Å². The Kier molecular flexibility index (Phi) is 2.90. The summed E-state index contributed by atoms with van der Waals surface area (Å²) >= 11 is 0. The highest BCUT2D eigenvalue weighted by Gasteiger charge is 2.26. The number of rotatable bonds is 4. The molecule has 0 radical (unpaired) electrons. The maximum absolute atomic E-state index is 10.8. The van der Waals surface area contributed by atoms with Gasteiger partial charge in [-0.3, -0.25) is 10.1 Å². The number of aliphatic carboxylic acids is 1. The molecule has 0 amide bonds. The summed E-state index contributed by atoms with van der Waals surface area (Å²) in [5.41, 5.74) is -0.217. The van der Waals surface area contributed by atoms with E-state index < -0.39 is 11.5 Å². The third-order valence-corrected chi connectivity index (χ3v) is 2.08. The van der Waals surface area contributed by atoms with Gasteiger partial charge in [0.1, 0.15) is 11.3 Å². The zero-order valence-electron chi connectivity index (χ0n) is 8.50. The van der Waals surface area contributed by atoms with Crippen LogP contribution >= 0.6 is 0 Å². The molecule has 5 heteroatoms.